The Morgan fingerprint density at radius 1 is 1.29 bits per heavy atom. The van der Waals surface area contributed by atoms with Gasteiger partial charge >= 0.3 is 49.0 Å². The van der Waals surface area contributed by atoms with Gasteiger partial charge in [-0.05, 0) is 0 Å². The zero-order chi connectivity index (χ0) is 2.71. The summed E-state index contributed by atoms with van der Waals surface area (Å²) in [6, 6.07) is 0. The van der Waals surface area contributed by atoms with Gasteiger partial charge in [0.1, 0.15) is 0 Å². The fourth-order valence-electron chi connectivity index (χ4n) is 0. The fourth-order valence-corrected chi connectivity index (χ4v) is 0. The van der Waals surface area contributed by atoms with E-state index in [0.717, 1.165) is 0 Å². The summed E-state index contributed by atoms with van der Waals surface area (Å²) in [6.07, 6.45) is 0. The van der Waals surface area contributed by atoms with Crippen molar-refractivity contribution in [3.63, 3.8) is 0 Å². The Hall–Kier alpha value is 1.76. The van der Waals surface area contributed by atoms with Gasteiger partial charge in [-0.1, -0.05) is 0 Å². The zero-order valence-electron chi connectivity index (χ0n) is 3.99. The molecule has 0 saturated carbocycles. The molecule has 0 amide bonds. The summed E-state index contributed by atoms with van der Waals surface area (Å²) in [5.41, 5.74) is 0. The van der Waals surface area contributed by atoms with Crippen molar-refractivity contribution in [2.75, 3.05) is 0 Å². The van der Waals surface area contributed by atoms with E-state index in [1.165, 1.54) is 5.97 Å². The molecule has 1 nitrogen and oxygen atoms in total. The van der Waals surface area contributed by atoms with Crippen LogP contribution in [0.1, 0.15) is 0 Å². The first kappa shape index (κ1) is 37.3. The molecule has 0 aromatic rings. The van der Waals surface area contributed by atoms with Gasteiger partial charge in [0.2, 0.25) is 0 Å². The number of hydrogen-bond acceptors (Lipinski definition) is 1. The summed E-state index contributed by atoms with van der Waals surface area (Å²) >= 11 is 0. The molecular weight excluding hydrogens is 196 g/mol. The molecule has 0 aliphatic carbocycles. The summed E-state index contributed by atoms with van der Waals surface area (Å²) < 4.78 is 0. The molecule has 0 rings (SSSR count). The molecule has 0 aliphatic heterocycles. The molecule has 0 N–H and O–H groups in total. The summed E-state index contributed by atoms with van der Waals surface area (Å²) in [7, 11) is 4.15. The van der Waals surface area contributed by atoms with Gasteiger partial charge in [0.05, 0.1) is 0 Å². The van der Waals surface area contributed by atoms with E-state index in [1.807, 2.05) is 0 Å². The van der Waals surface area contributed by atoms with E-state index in [1.54, 1.807) is 0 Å². The molecule has 0 fully saturated rings. The van der Waals surface area contributed by atoms with E-state index < -0.39 is 0 Å². The van der Waals surface area contributed by atoms with Crippen molar-refractivity contribution in [3.8, 4) is 5.97 Å². The largest absolute Gasteiger partial charge is 2.00 e. The van der Waals surface area contributed by atoms with Crippen molar-refractivity contribution >= 4 is 7.85 Å². The number of nitriles is 1. The number of rotatable bonds is 0. The van der Waals surface area contributed by atoms with Crippen molar-refractivity contribution in [1.82, 2.24) is 0 Å². The molecule has 0 heterocycles. The van der Waals surface area contributed by atoms with E-state index in [9.17, 15) is 0 Å². The molecule has 0 bridgehead atoms. The van der Waals surface area contributed by atoms with Crippen molar-refractivity contribution < 1.29 is 73.8 Å². The second-order valence-corrected chi connectivity index (χ2v) is 0.129. The smallest absolute Gasteiger partial charge is 1.00 e. The van der Waals surface area contributed by atoms with Crippen LogP contribution in [0.15, 0.2) is 0 Å². The molecule has 0 aliphatic rings. The number of hydrogen-bond donors (Lipinski definition) is 0. The van der Waals surface area contributed by atoms with Crippen LogP contribution >= 0.6 is 0 Å². The minimum Gasteiger partial charge on any atom is -1.00 e. The van der Waals surface area contributed by atoms with E-state index in [4.69, 9.17) is 5.26 Å². The predicted molar refractivity (Wildman–Crippen MR) is 11.4 cm³/mol. The molecule has 3 radical (unpaired) electrons. The first-order valence-corrected chi connectivity index (χ1v) is 0.512. The number of nitrogens with zero attached hydrogens (tertiary/aromatic N) is 1. The van der Waals surface area contributed by atoms with Gasteiger partial charge in [-0.25, -0.2) is 0 Å². The van der Waals surface area contributed by atoms with Crippen LogP contribution in [-0.2, 0) is 19.5 Å². The summed E-state index contributed by atoms with van der Waals surface area (Å²) in [4.78, 5) is 0. The Kier molecular flexibility index (Phi) is 248. The molecule has 6 heteroatoms. The third kappa shape index (κ3) is 83.2. The van der Waals surface area contributed by atoms with Crippen LogP contribution in [0.2, 0.25) is 0 Å². The Bertz CT molecular complexity index is 39.2. The normalized spacial score (nSPS) is 1.14. The molecule has 0 unspecified atom stereocenters. The summed E-state index contributed by atoms with van der Waals surface area (Å²) in [5, 5.41) is 7.10. The molecule has 0 spiro atoms. The van der Waals surface area contributed by atoms with E-state index in [-0.39, 0.29) is 73.8 Å². The minimum absolute atomic E-state index is 0. The molecule has 0 saturated heterocycles. The summed E-state index contributed by atoms with van der Waals surface area (Å²) in [6.45, 7) is 0. The van der Waals surface area contributed by atoms with Crippen molar-refractivity contribution in [2.24, 2.45) is 0 Å². The maximum absolute atomic E-state index is 7.10. The van der Waals surface area contributed by atoms with Crippen LogP contribution in [-0.4, -0.2) is 7.85 Å². The van der Waals surface area contributed by atoms with Crippen LogP contribution in [0.5, 0.6) is 0 Å². The van der Waals surface area contributed by atoms with Crippen LogP contribution in [0.25, 0.3) is 0 Å². The maximum Gasteiger partial charge on any atom is 2.00 e. The second-order valence-electron chi connectivity index (χ2n) is 0.129. The Balaban J connectivity index is -0.00000000333. The Morgan fingerprint density at radius 3 is 1.29 bits per heavy atom. The third-order valence-electron chi connectivity index (χ3n) is 0. The monoisotopic (exact) mass is 194 g/mol. The maximum atomic E-state index is 7.10. The quantitative estimate of drug-likeness (QED) is 0.353. The number of halogens is 2. The van der Waals surface area contributed by atoms with Crippen LogP contribution in [0, 0.1) is 11.2 Å². The standard InChI is InChI=1S/CBN.2ClH.Na.Zn/c2-1-3;;;;/h;2*1H;;/q-1;;;+1;+2/p-2. The SMILES string of the molecule is [B-]C#N.[Cl-].[Cl-].[Na+].[Zn+2]. The molecule has 0 aromatic heterocycles. The first-order chi connectivity index (χ1) is 1.41. The van der Waals surface area contributed by atoms with Crippen molar-refractivity contribution in [3.05, 3.63) is 0 Å². The zero-order valence-corrected chi connectivity index (χ0v) is 10.5. The Morgan fingerprint density at radius 2 is 1.29 bits per heavy atom. The van der Waals surface area contributed by atoms with E-state index in [0.29, 0.717) is 0 Å². The average Bonchev–Trinajstić information content (AvgIpc) is 0.918. The summed E-state index contributed by atoms with van der Waals surface area (Å²) in [5.74, 6) is 1.25. The van der Waals surface area contributed by atoms with Crippen LogP contribution in [0.3, 0.4) is 0 Å². The average molecular weight is 196 g/mol. The van der Waals surface area contributed by atoms with Crippen molar-refractivity contribution in [2.45, 2.75) is 0 Å². The van der Waals surface area contributed by atoms with Gasteiger partial charge in [0.15, 0.2) is 0 Å². The Labute approximate surface area is 91.9 Å². The predicted octanol–water partition coefficient (Wildman–Crippen LogP) is -9.35. The first-order valence-electron chi connectivity index (χ1n) is 0.512. The van der Waals surface area contributed by atoms with E-state index in [2.05, 4.69) is 7.85 Å². The molecule has 7 heavy (non-hydrogen) atoms. The van der Waals surface area contributed by atoms with Gasteiger partial charge in [0, 0.05) is 0 Å². The van der Waals surface area contributed by atoms with E-state index >= 15 is 0 Å². The second kappa shape index (κ2) is 46.6. The van der Waals surface area contributed by atoms with Crippen LogP contribution in [0.4, 0.5) is 0 Å². The molecule has 29 valence electrons. The van der Waals surface area contributed by atoms with Gasteiger partial charge in [-0.15, -0.1) is 0 Å². The topological polar surface area (TPSA) is 23.8 Å². The fraction of sp³-hybridized carbons (Fsp3) is 0. The third-order valence-corrected chi connectivity index (χ3v) is 0. The molecule has 0 atom stereocenters. The molecule has 0 aromatic carbocycles. The molecular formula is CBCl2NNaZn. The van der Waals surface area contributed by atoms with Gasteiger partial charge in [-0.2, -0.15) is 0 Å². The van der Waals surface area contributed by atoms with Crippen LogP contribution < -0.4 is 54.4 Å². The van der Waals surface area contributed by atoms with Crippen molar-refractivity contribution in [1.29, 1.82) is 5.26 Å². The van der Waals surface area contributed by atoms with Gasteiger partial charge < -0.3 is 32.7 Å². The van der Waals surface area contributed by atoms with Gasteiger partial charge in [0.25, 0.3) is 0 Å². The van der Waals surface area contributed by atoms with Gasteiger partial charge in [-0.3, -0.25) is 11.2 Å². The minimum atomic E-state index is 0.